The highest BCUT2D eigenvalue weighted by Gasteiger charge is 2.44. The zero-order chi connectivity index (χ0) is 45.3. The molecule has 2 aliphatic rings. The van der Waals surface area contributed by atoms with Gasteiger partial charge in [-0.3, -0.25) is 0 Å². The third-order valence-electron chi connectivity index (χ3n) is 10.4. The van der Waals surface area contributed by atoms with Gasteiger partial charge in [-0.1, -0.05) is 60.2 Å². The number of fused-ring (bicyclic) bond motifs is 2. The van der Waals surface area contributed by atoms with Gasteiger partial charge in [-0.25, -0.2) is 19.4 Å². The first-order chi connectivity index (χ1) is 30.4. The summed E-state index contributed by atoms with van der Waals surface area (Å²) in [6, 6.07) is 30.7. The monoisotopic (exact) mass is 814 g/mol. The van der Waals surface area contributed by atoms with Crippen molar-refractivity contribution >= 4 is 56.2 Å². The highest BCUT2D eigenvalue weighted by Crippen LogP contribution is 2.60. The van der Waals surface area contributed by atoms with Gasteiger partial charge in [0, 0.05) is 11.1 Å². The number of nitriles is 6. The standard InChI is InChI=1S/C50H17F3N10/c1-26-6-8-30(9-7-26)41-43(36(22-56)31-17-34(60-2)19-35(18-31)61-3)45-38(24-58)42-37(23-57)40(29-10-12-33(13-11-29)50(51,52)53)47(44(42)39(25-59)46(45)49(41)63-5)48(62-4)32-15-27(20-54)14-28(16-32)21-55/h6-19H,1H3/b43-36+,48-47-. The first-order valence-corrected chi connectivity index (χ1v) is 18.1. The predicted molar refractivity (Wildman–Crippen MR) is 225 cm³/mol. The Morgan fingerprint density at radius 3 is 1.57 bits per heavy atom. The van der Waals surface area contributed by atoms with Crippen LogP contribution >= 0.6 is 0 Å². The van der Waals surface area contributed by atoms with Crippen LogP contribution in [0.5, 0.6) is 0 Å². The van der Waals surface area contributed by atoms with Gasteiger partial charge in [-0.05, 0) is 92.9 Å². The van der Waals surface area contributed by atoms with Gasteiger partial charge in [0.2, 0.25) is 11.4 Å². The third-order valence-corrected chi connectivity index (χ3v) is 10.4. The molecule has 0 saturated heterocycles. The number of rotatable bonds is 4. The Kier molecular flexibility index (Phi) is 10.3. The van der Waals surface area contributed by atoms with Crippen LogP contribution in [0.1, 0.15) is 77.9 Å². The molecule has 0 radical (unpaired) electrons. The third kappa shape index (κ3) is 6.56. The second kappa shape index (κ2) is 15.8. The van der Waals surface area contributed by atoms with Crippen LogP contribution in [0, 0.1) is 101 Å². The highest BCUT2D eigenvalue weighted by atomic mass is 19.4. The van der Waals surface area contributed by atoms with Gasteiger partial charge < -0.3 is 0 Å². The number of hydrogen-bond donors (Lipinski definition) is 0. The van der Waals surface area contributed by atoms with Gasteiger partial charge in [0.15, 0.2) is 11.4 Å². The van der Waals surface area contributed by atoms with E-state index in [2.05, 4.69) is 43.7 Å². The summed E-state index contributed by atoms with van der Waals surface area (Å²) < 4.78 is 41.6. The molecule has 63 heavy (non-hydrogen) atoms. The zero-order valence-electron chi connectivity index (χ0n) is 32.2. The van der Waals surface area contributed by atoms with Crippen LogP contribution in [-0.4, -0.2) is 0 Å². The molecule has 288 valence electrons. The van der Waals surface area contributed by atoms with Crippen molar-refractivity contribution in [3.8, 4) is 36.4 Å². The Balaban J connectivity index is 1.78. The van der Waals surface area contributed by atoms with Crippen molar-refractivity contribution in [1.82, 2.24) is 0 Å². The van der Waals surface area contributed by atoms with E-state index in [1.807, 2.05) is 19.1 Å². The molecule has 0 amide bonds. The minimum atomic E-state index is -4.76. The Bertz CT molecular complexity index is 3460. The van der Waals surface area contributed by atoms with Gasteiger partial charge in [0.1, 0.15) is 18.2 Å². The zero-order valence-corrected chi connectivity index (χ0v) is 32.2. The molecule has 5 aromatic rings. The lowest BCUT2D eigenvalue weighted by molar-refractivity contribution is -0.137. The quantitative estimate of drug-likeness (QED) is 0.130. The highest BCUT2D eigenvalue weighted by molar-refractivity contribution is 6.35. The van der Waals surface area contributed by atoms with E-state index in [0.29, 0.717) is 5.56 Å². The van der Waals surface area contributed by atoms with E-state index in [9.17, 15) is 44.7 Å². The molecule has 10 nitrogen and oxygen atoms in total. The van der Waals surface area contributed by atoms with Gasteiger partial charge in [-0.15, -0.1) is 0 Å². The molecule has 0 unspecified atom stereocenters. The average molecular weight is 815 g/mol. The Morgan fingerprint density at radius 2 is 1.10 bits per heavy atom. The van der Waals surface area contributed by atoms with E-state index in [4.69, 9.17) is 26.3 Å². The minimum Gasteiger partial charge on any atom is -0.239 e. The minimum absolute atomic E-state index is 0.000807. The SMILES string of the molecule is [C-]#[N+]C1=C(c2ccc(C)cc2)/C(=C(/C#N)c2cc([N+]#[C-])cc([N+]#[C-])c2)c2c(C#N)c3c(c(C#N)c21)/C(=C(\[N+]#[C-])c1cc(C#N)cc(C#N)c1)C(c1ccc(C(F)(F)F)cc1)=C3C#N. The summed E-state index contributed by atoms with van der Waals surface area (Å²) in [4.78, 5) is 14.6. The van der Waals surface area contributed by atoms with Crippen LogP contribution < -0.4 is 0 Å². The van der Waals surface area contributed by atoms with Crippen LogP contribution in [0.4, 0.5) is 24.5 Å². The Labute approximate surface area is 357 Å². The summed E-state index contributed by atoms with van der Waals surface area (Å²) in [5, 5.41) is 64.5. The molecule has 0 spiro atoms. The number of halogens is 3. The number of hydrogen-bond acceptors (Lipinski definition) is 6. The summed E-state index contributed by atoms with van der Waals surface area (Å²) in [6.45, 7) is 34.3. The van der Waals surface area contributed by atoms with E-state index in [1.54, 1.807) is 24.3 Å². The molecule has 0 saturated carbocycles. The lowest BCUT2D eigenvalue weighted by atomic mass is 9.82. The lowest BCUT2D eigenvalue weighted by Crippen LogP contribution is -2.05. The lowest BCUT2D eigenvalue weighted by Gasteiger charge is -2.19. The average Bonchev–Trinajstić information content (AvgIpc) is 3.81. The van der Waals surface area contributed by atoms with Gasteiger partial charge in [0.25, 0.3) is 0 Å². The molecule has 0 bridgehead atoms. The molecule has 0 N–H and O–H groups in total. The molecule has 0 atom stereocenters. The molecule has 13 heteroatoms. The summed E-state index contributed by atoms with van der Waals surface area (Å²) in [7, 11) is 0. The van der Waals surface area contributed by atoms with E-state index in [1.165, 1.54) is 36.4 Å². The molecule has 2 aliphatic carbocycles. The van der Waals surface area contributed by atoms with Crippen LogP contribution in [0.3, 0.4) is 0 Å². The first-order valence-electron chi connectivity index (χ1n) is 18.1. The summed E-state index contributed by atoms with van der Waals surface area (Å²) in [5.74, 6) is 0. The number of benzene rings is 5. The molecule has 0 aliphatic heterocycles. The maximum Gasteiger partial charge on any atom is 0.416 e. The Morgan fingerprint density at radius 1 is 0.556 bits per heavy atom. The van der Waals surface area contributed by atoms with Crippen molar-refractivity contribution in [2.45, 2.75) is 13.1 Å². The van der Waals surface area contributed by atoms with Crippen molar-refractivity contribution in [3.63, 3.8) is 0 Å². The van der Waals surface area contributed by atoms with Crippen molar-refractivity contribution in [2.75, 3.05) is 0 Å². The fourth-order valence-electron chi connectivity index (χ4n) is 7.82. The van der Waals surface area contributed by atoms with E-state index in [-0.39, 0.29) is 117 Å². The fraction of sp³-hybridized carbons (Fsp3) is 0.0400. The fourth-order valence-corrected chi connectivity index (χ4v) is 7.82. The van der Waals surface area contributed by atoms with Crippen LogP contribution in [-0.2, 0) is 6.18 Å². The molecule has 0 heterocycles. The summed E-state index contributed by atoms with van der Waals surface area (Å²) in [6.07, 6.45) is -4.76. The van der Waals surface area contributed by atoms with Crippen molar-refractivity contribution in [1.29, 1.82) is 31.6 Å². The van der Waals surface area contributed by atoms with E-state index in [0.717, 1.165) is 29.8 Å². The van der Waals surface area contributed by atoms with E-state index >= 15 is 0 Å². The van der Waals surface area contributed by atoms with Crippen LogP contribution in [0.2, 0.25) is 0 Å². The molecular formula is C50H17F3N10. The van der Waals surface area contributed by atoms with Gasteiger partial charge in [0.05, 0.1) is 83.5 Å². The smallest absolute Gasteiger partial charge is 0.239 e. The molecule has 7 rings (SSSR count). The largest absolute Gasteiger partial charge is 0.416 e. The van der Waals surface area contributed by atoms with Crippen molar-refractivity contribution in [2.24, 2.45) is 0 Å². The van der Waals surface area contributed by atoms with Gasteiger partial charge >= 0.3 is 6.18 Å². The second-order valence-corrected chi connectivity index (χ2v) is 13.8. The Hall–Kier alpha value is -10.3. The number of alkyl halides is 3. The number of allylic oxidation sites excluding steroid dienone is 6. The first kappa shape index (κ1) is 40.9. The molecule has 0 aromatic heterocycles. The number of aryl methyl sites for hydroxylation is 1. The summed E-state index contributed by atoms with van der Waals surface area (Å²) >= 11 is 0. The normalized spacial score (nSPS) is 13.8. The van der Waals surface area contributed by atoms with Crippen LogP contribution in [0.25, 0.3) is 64.2 Å². The summed E-state index contributed by atoms with van der Waals surface area (Å²) in [5.41, 5.74) is -2.63. The number of nitrogens with zero attached hydrogens (tertiary/aromatic N) is 10. The molecule has 0 fully saturated rings. The van der Waals surface area contributed by atoms with Crippen molar-refractivity contribution in [3.05, 3.63) is 208 Å². The molecule has 5 aromatic carbocycles. The maximum atomic E-state index is 13.9. The maximum absolute atomic E-state index is 13.9. The van der Waals surface area contributed by atoms with Crippen molar-refractivity contribution < 1.29 is 13.2 Å². The van der Waals surface area contributed by atoms with Gasteiger partial charge in [-0.2, -0.15) is 44.7 Å². The molecular weight excluding hydrogens is 798 g/mol. The van der Waals surface area contributed by atoms with Crippen LogP contribution in [0.15, 0.2) is 84.9 Å². The predicted octanol–water partition coefficient (Wildman–Crippen LogP) is 12.1. The second-order valence-electron chi connectivity index (χ2n) is 13.8. The van der Waals surface area contributed by atoms with E-state index < -0.39 is 11.7 Å². The topological polar surface area (TPSA) is 160 Å².